The fourth-order valence-corrected chi connectivity index (χ4v) is 8.20. The number of aromatic nitrogens is 3. The van der Waals surface area contributed by atoms with Crippen LogP contribution in [0.2, 0.25) is 10.3 Å². The van der Waals surface area contributed by atoms with E-state index in [1.165, 1.54) is 0 Å². The molecule has 0 bridgehead atoms. The van der Waals surface area contributed by atoms with Gasteiger partial charge in [-0.1, -0.05) is 72.1 Å². The van der Waals surface area contributed by atoms with Crippen LogP contribution in [-0.4, -0.2) is 132 Å². The van der Waals surface area contributed by atoms with Crippen LogP contribution in [0.1, 0.15) is 68.6 Å². The average Bonchev–Trinajstić information content (AvgIpc) is 3.48. The topological polar surface area (TPSA) is 318 Å². The molecule has 0 spiro atoms. The largest absolute Gasteiger partial charge is 0.489 e. The molecular weight excluding hydrogens is 1230 g/mol. The van der Waals surface area contributed by atoms with E-state index in [0.29, 0.717) is 36.9 Å². The highest BCUT2D eigenvalue weighted by molar-refractivity contribution is 7.51. The van der Waals surface area contributed by atoms with E-state index in [0.717, 1.165) is 65.8 Å². The maximum Gasteiger partial charge on any atom is 0.416 e. The van der Waals surface area contributed by atoms with Gasteiger partial charge in [-0.15, -0.1) is 11.6 Å². The number of halogens is 8. The highest BCUT2D eigenvalue weighted by Gasteiger charge is 2.33. The Kier molecular flexibility index (Phi) is 30.8. The molecule has 456 valence electrons. The molecule has 2 heterocycles. The second-order valence-corrected chi connectivity index (χ2v) is 21.2. The summed E-state index contributed by atoms with van der Waals surface area (Å²) in [4.78, 5) is 85.4. The number of para-hydroxylation sites is 3. The number of nitrogens with zero attached hydrogens (tertiary/aromatic N) is 6. The number of carbonyl (C=O) groups excluding carboxylic acids is 2. The number of benzene rings is 4. The molecule has 0 fully saturated rings. The van der Waals surface area contributed by atoms with Crippen molar-refractivity contribution < 1.29 is 76.0 Å². The third kappa shape index (κ3) is 24.8. The van der Waals surface area contributed by atoms with Crippen molar-refractivity contribution in [1.29, 1.82) is 0 Å². The standard InChI is InChI=1S/C15H22ClNO2.C14H7ClF3NO5.C11H11Cl2NO2.C8H14ClN5.C3H8NO5P/c1-5-13-8-6-7-11(2)15(13)17(14(18)9-16)12(3)10-19-4;15-10-5-7(14(16,17)18)1-4-12(10)24-8-2-3-11(19(22)23)9(6-8)13(20)21;1-7-6-16-9-5-3-2-4-8(9)14(7)11(15)10(12)13;1-4-10-7-12-6(9)13-8(14-7)11-5(2)3;5-3(6)1-4-2-10(7,8)9/h6-8,12H,5,9-10H2,1-4H3;1-6H,(H,20,21);2-5,7,10H,6H2,1H3;5H,4H2,1-3H3,(H2,10,11,12,13,14);4H,1-2H2,(H,5,6)(H2,7,8,9). The Labute approximate surface area is 501 Å². The van der Waals surface area contributed by atoms with Crippen molar-refractivity contribution in [1.82, 2.24) is 20.3 Å². The number of nitro groups is 1. The molecule has 2 amide bonds. The lowest BCUT2D eigenvalue weighted by Gasteiger charge is -2.35. The van der Waals surface area contributed by atoms with Crippen LogP contribution in [0, 0.1) is 17.0 Å². The third-order valence-corrected chi connectivity index (χ3v) is 12.2. The number of hydrogen-bond donors (Lipinski definition) is 7. The number of fused-ring (bicyclic) bond motifs is 1. The van der Waals surface area contributed by atoms with Crippen LogP contribution in [0.5, 0.6) is 17.2 Å². The van der Waals surface area contributed by atoms with Gasteiger partial charge in [0.25, 0.3) is 11.6 Å². The molecule has 5 aromatic rings. The molecule has 7 N–H and O–H groups in total. The van der Waals surface area contributed by atoms with E-state index < -0.39 is 65.1 Å². The predicted octanol–water partition coefficient (Wildman–Crippen LogP) is 11.1. The molecule has 4 aromatic carbocycles. The number of carbonyl (C=O) groups is 4. The molecular formula is C51H62Cl5F3N9O14P. The van der Waals surface area contributed by atoms with Gasteiger partial charge in [-0.2, -0.15) is 28.1 Å². The Bertz CT molecular complexity index is 3030. The minimum Gasteiger partial charge on any atom is -0.489 e. The monoisotopic (exact) mass is 1290 g/mol. The van der Waals surface area contributed by atoms with Crippen molar-refractivity contribution in [2.75, 3.05) is 66.0 Å². The van der Waals surface area contributed by atoms with Gasteiger partial charge in [0.05, 0.1) is 58.4 Å². The first-order chi connectivity index (χ1) is 38.8. The van der Waals surface area contributed by atoms with Gasteiger partial charge in [-0.25, -0.2) is 4.79 Å². The number of aromatic carboxylic acids is 1. The number of methoxy groups -OCH3 is 1. The second kappa shape index (κ2) is 35.1. The number of aryl methyl sites for hydroxylation is 2. The average molecular weight is 1290 g/mol. The first kappa shape index (κ1) is 72.8. The van der Waals surface area contributed by atoms with Crippen molar-refractivity contribution in [2.24, 2.45) is 0 Å². The molecule has 0 saturated carbocycles. The summed E-state index contributed by atoms with van der Waals surface area (Å²) in [5.41, 5.74) is 1.68. The number of nitro benzene ring substituents is 1. The zero-order valence-electron chi connectivity index (χ0n) is 45.8. The maximum absolute atomic E-state index is 12.6. The number of anilines is 4. The molecule has 2 atom stereocenters. The van der Waals surface area contributed by atoms with E-state index in [4.69, 9.17) is 92.2 Å². The van der Waals surface area contributed by atoms with Gasteiger partial charge in [0.1, 0.15) is 35.3 Å². The third-order valence-electron chi connectivity index (χ3n) is 10.5. The Morgan fingerprint density at radius 2 is 1.61 bits per heavy atom. The lowest BCUT2D eigenvalue weighted by atomic mass is 10.0. The van der Waals surface area contributed by atoms with Crippen LogP contribution >= 0.6 is 65.6 Å². The predicted molar refractivity (Wildman–Crippen MR) is 311 cm³/mol. The number of carboxylic acid groups (broad SMARTS) is 2. The number of hydrogen-bond acceptors (Lipinski definition) is 16. The molecule has 83 heavy (non-hydrogen) atoms. The number of carboxylic acids is 2. The molecule has 0 radical (unpaired) electrons. The van der Waals surface area contributed by atoms with Crippen molar-refractivity contribution >= 4 is 118 Å². The Balaban J connectivity index is 0.000000364. The van der Waals surface area contributed by atoms with Gasteiger partial charge in [-0.3, -0.25) is 34.4 Å². The van der Waals surface area contributed by atoms with Gasteiger partial charge in [0.2, 0.25) is 23.1 Å². The lowest BCUT2D eigenvalue weighted by Crippen LogP contribution is -2.47. The minimum atomic E-state index is -4.58. The van der Waals surface area contributed by atoms with Gasteiger partial charge in [-0.05, 0) is 107 Å². The van der Waals surface area contributed by atoms with E-state index in [2.05, 4.69) is 43.9 Å². The summed E-state index contributed by atoms with van der Waals surface area (Å²) in [7, 11) is -2.46. The van der Waals surface area contributed by atoms with Crippen LogP contribution in [-0.2, 0) is 36.3 Å². The molecule has 23 nitrogen and oxygen atoms in total. The number of aliphatic carboxylic acids is 1. The zero-order chi connectivity index (χ0) is 62.9. The van der Waals surface area contributed by atoms with Crippen LogP contribution in [0.25, 0.3) is 0 Å². The van der Waals surface area contributed by atoms with E-state index >= 15 is 0 Å². The van der Waals surface area contributed by atoms with Crippen molar-refractivity contribution in [3.63, 3.8) is 0 Å². The molecule has 0 saturated heterocycles. The summed E-state index contributed by atoms with van der Waals surface area (Å²) in [6.07, 6.45) is -4.30. The van der Waals surface area contributed by atoms with E-state index in [1.54, 1.807) is 16.9 Å². The van der Waals surface area contributed by atoms with Gasteiger partial charge in [0.15, 0.2) is 4.84 Å². The molecule has 32 heteroatoms. The normalized spacial score (nSPS) is 12.9. The Morgan fingerprint density at radius 3 is 2.14 bits per heavy atom. The summed E-state index contributed by atoms with van der Waals surface area (Å²) in [6.45, 7) is 15.2. The zero-order valence-corrected chi connectivity index (χ0v) is 50.5. The van der Waals surface area contributed by atoms with Crippen molar-refractivity contribution in [2.45, 2.75) is 84.0 Å². The number of alkyl halides is 6. The fraction of sp³-hybridized carbons (Fsp3) is 0.392. The number of ether oxygens (including phenoxy) is 3. The number of nitrogens with one attached hydrogen (secondary N) is 3. The maximum atomic E-state index is 12.6. The summed E-state index contributed by atoms with van der Waals surface area (Å²) in [5.74, 6) is -1.73. The van der Waals surface area contributed by atoms with Crippen LogP contribution in [0.4, 0.5) is 42.1 Å². The quantitative estimate of drug-likeness (QED) is 0.0175. The van der Waals surface area contributed by atoms with Gasteiger partial charge >= 0.3 is 25.7 Å². The highest BCUT2D eigenvalue weighted by Crippen LogP contribution is 2.38. The van der Waals surface area contributed by atoms with Crippen molar-refractivity contribution in [3.05, 3.63) is 122 Å². The van der Waals surface area contributed by atoms with E-state index in [9.17, 15) is 47.0 Å². The first-order valence-corrected chi connectivity index (χ1v) is 28.5. The van der Waals surface area contributed by atoms with Crippen LogP contribution < -0.4 is 35.2 Å². The second-order valence-electron chi connectivity index (χ2n) is 17.5. The van der Waals surface area contributed by atoms with Gasteiger partial charge in [0, 0.05) is 31.8 Å². The van der Waals surface area contributed by atoms with Crippen LogP contribution in [0.3, 0.4) is 0 Å². The molecule has 1 aliphatic heterocycles. The summed E-state index contributed by atoms with van der Waals surface area (Å²) in [6, 6.07) is 18.8. The SMILES string of the molecule is CC1COc2ccccc2N1C(=O)C(Cl)Cl.CCNc1nc(Cl)nc(NC(C)C)n1.CCc1cccc(C)c1N(C(=O)CCl)C(C)COC.O=C(O)CNCP(=O)(O)O.O=C(O)c1cc(Oc2ccc(C(F)(F)F)cc2Cl)ccc1[N+](=O)[O-]. The molecule has 2 unspecified atom stereocenters. The minimum absolute atomic E-state index is 0.0223. The molecule has 1 aromatic heterocycles. The fourth-order valence-electron chi connectivity index (χ4n) is 7.08. The smallest absolute Gasteiger partial charge is 0.416 e. The lowest BCUT2D eigenvalue weighted by molar-refractivity contribution is -0.385. The summed E-state index contributed by atoms with van der Waals surface area (Å²) in [5, 5.41) is 35.7. The van der Waals surface area contributed by atoms with E-state index in [-0.39, 0.29) is 57.6 Å². The highest BCUT2D eigenvalue weighted by atomic mass is 35.5. The van der Waals surface area contributed by atoms with Crippen LogP contribution in [0.15, 0.2) is 78.9 Å². The number of rotatable bonds is 19. The molecule has 1 aliphatic rings. The van der Waals surface area contributed by atoms with Crippen molar-refractivity contribution in [3.8, 4) is 17.2 Å². The first-order valence-electron chi connectivity index (χ1n) is 24.5. The number of amides is 2. The van der Waals surface area contributed by atoms with E-state index in [1.807, 2.05) is 77.9 Å². The summed E-state index contributed by atoms with van der Waals surface area (Å²) < 4.78 is 63.6. The summed E-state index contributed by atoms with van der Waals surface area (Å²) >= 11 is 28.5. The molecule has 0 aliphatic carbocycles. The Morgan fingerprint density at radius 1 is 0.964 bits per heavy atom. The molecule has 6 rings (SSSR count). The Hall–Kier alpha value is -6.32. The van der Waals surface area contributed by atoms with Gasteiger partial charge < -0.3 is 54.6 Å².